The van der Waals surface area contributed by atoms with Crippen LogP contribution in [0.15, 0.2) is 89.9 Å². The third-order valence-corrected chi connectivity index (χ3v) is 6.57. The Morgan fingerprint density at radius 1 is 0.806 bits per heavy atom. The highest BCUT2D eigenvalue weighted by atomic mass is 16.4. The Balaban J connectivity index is 1.52. The first kappa shape index (κ1) is 21.0. The predicted molar refractivity (Wildman–Crippen MR) is 126 cm³/mol. The lowest BCUT2D eigenvalue weighted by molar-refractivity contribution is -0.143. The largest absolute Gasteiger partial charge is 0.481 e. The number of carboxylic acids is 1. The number of rotatable bonds is 6. The fourth-order valence-corrected chi connectivity index (χ4v) is 4.59. The molecule has 3 aromatic carbocycles. The molecule has 0 heterocycles. The van der Waals surface area contributed by atoms with Gasteiger partial charge in [-0.05, 0) is 55.2 Å². The van der Waals surface area contributed by atoms with E-state index < -0.39 is 5.97 Å². The lowest BCUT2D eigenvalue weighted by Crippen LogP contribution is -2.24. The number of carboxylic acid groups (broad SMARTS) is 1. The summed E-state index contributed by atoms with van der Waals surface area (Å²) in [5.74, 6) is -0.0970. The smallest absolute Gasteiger partial charge is 0.306 e. The second-order valence-electron chi connectivity index (χ2n) is 8.52. The fourth-order valence-electron chi connectivity index (χ4n) is 4.59. The summed E-state index contributed by atoms with van der Waals surface area (Å²) in [6.07, 6.45) is 4.10. The molecule has 0 radical (unpaired) electrons. The molecule has 158 valence electrons. The molecule has 0 amide bonds. The summed E-state index contributed by atoms with van der Waals surface area (Å²) in [5, 5.41) is 9.27. The Morgan fingerprint density at radius 3 is 1.81 bits per heavy atom. The highest BCUT2D eigenvalue weighted by Crippen LogP contribution is 2.39. The molecule has 1 N–H and O–H groups in total. The van der Waals surface area contributed by atoms with Crippen LogP contribution in [0, 0.1) is 11.8 Å². The molecular formula is C28H29NO2. The van der Waals surface area contributed by atoms with Gasteiger partial charge in [0.1, 0.15) is 0 Å². The second-order valence-corrected chi connectivity index (χ2v) is 8.52. The molecule has 0 spiro atoms. The third-order valence-electron chi connectivity index (χ3n) is 6.57. The standard InChI is InChI=1S/C28H29NO2/c1-20(28(30)31)21-12-14-22(15-13-21)23-16-18-26(19-17-23)29-27(24-8-4-2-5-9-24)25-10-6-3-7-11-25/h2-11,16-22H,12-15H2,1H3,(H,30,31). The number of hydrogen-bond donors (Lipinski definition) is 1. The topological polar surface area (TPSA) is 49.7 Å². The van der Waals surface area contributed by atoms with Crippen LogP contribution in [0.1, 0.15) is 55.2 Å². The maximum atomic E-state index is 11.3. The van der Waals surface area contributed by atoms with Crippen LogP contribution in [0.3, 0.4) is 0 Å². The lowest BCUT2D eigenvalue weighted by atomic mass is 9.74. The van der Waals surface area contributed by atoms with Gasteiger partial charge in [-0.15, -0.1) is 0 Å². The quantitative estimate of drug-likeness (QED) is 0.451. The van der Waals surface area contributed by atoms with Crippen molar-refractivity contribution >= 4 is 17.4 Å². The highest BCUT2D eigenvalue weighted by Gasteiger charge is 2.29. The van der Waals surface area contributed by atoms with Gasteiger partial charge in [0.15, 0.2) is 0 Å². The zero-order valence-electron chi connectivity index (χ0n) is 17.9. The van der Waals surface area contributed by atoms with Gasteiger partial charge in [-0.25, -0.2) is 4.99 Å². The third kappa shape index (κ3) is 5.11. The number of aliphatic carboxylic acids is 1. The second kappa shape index (κ2) is 9.74. The average molecular weight is 412 g/mol. The number of aliphatic imine (C=N–C) groups is 1. The molecule has 1 unspecified atom stereocenters. The van der Waals surface area contributed by atoms with E-state index in [0.717, 1.165) is 48.2 Å². The van der Waals surface area contributed by atoms with Gasteiger partial charge >= 0.3 is 5.97 Å². The van der Waals surface area contributed by atoms with Crippen molar-refractivity contribution in [1.82, 2.24) is 0 Å². The van der Waals surface area contributed by atoms with E-state index in [0.29, 0.717) is 11.8 Å². The van der Waals surface area contributed by atoms with Gasteiger partial charge < -0.3 is 5.11 Å². The minimum Gasteiger partial charge on any atom is -0.481 e. The molecule has 4 rings (SSSR count). The number of carbonyl (C=O) groups is 1. The van der Waals surface area contributed by atoms with E-state index in [4.69, 9.17) is 4.99 Å². The molecule has 1 aliphatic rings. The van der Waals surface area contributed by atoms with Crippen LogP contribution < -0.4 is 0 Å². The maximum Gasteiger partial charge on any atom is 0.306 e. The average Bonchev–Trinajstić information content (AvgIpc) is 2.83. The first-order valence-corrected chi connectivity index (χ1v) is 11.1. The van der Waals surface area contributed by atoms with Gasteiger partial charge in [-0.2, -0.15) is 0 Å². The molecule has 31 heavy (non-hydrogen) atoms. The van der Waals surface area contributed by atoms with Gasteiger partial charge in [0.25, 0.3) is 0 Å². The molecule has 0 bridgehead atoms. The number of benzene rings is 3. The normalized spacial score (nSPS) is 19.4. The van der Waals surface area contributed by atoms with Gasteiger partial charge in [0.05, 0.1) is 17.3 Å². The van der Waals surface area contributed by atoms with E-state index in [1.54, 1.807) is 0 Å². The van der Waals surface area contributed by atoms with E-state index >= 15 is 0 Å². The van der Waals surface area contributed by atoms with Crippen LogP contribution in [-0.4, -0.2) is 16.8 Å². The summed E-state index contributed by atoms with van der Waals surface area (Å²) in [6, 6.07) is 29.2. The van der Waals surface area contributed by atoms with Crippen molar-refractivity contribution in [2.24, 2.45) is 16.8 Å². The molecule has 3 nitrogen and oxygen atoms in total. The van der Waals surface area contributed by atoms with E-state index in [2.05, 4.69) is 48.5 Å². The van der Waals surface area contributed by atoms with Gasteiger partial charge in [0, 0.05) is 11.1 Å². The first-order chi connectivity index (χ1) is 15.1. The van der Waals surface area contributed by atoms with Crippen LogP contribution in [-0.2, 0) is 4.79 Å². The van der Waals surface area contributed by atoms with E-state index in [1.807, 2.05) is 43.3 Å². The molecule has 0 aliphatic heterocycles. The van der Waals surface area contributed by atoms with Crippen molar-refractivity contribution in [3.8, 4) is 0 Å². The predicted octanol–water partition coefficient (Wildman–Crippen LogP) is 6.85. The summed E-state index contributed by atoms with van der Waals surface area (Å²) in [7, 11) is 0. The van der Waals surface area contributed by atoms with Crippen molar-refractivity contribution in [2.45, 2.75) is 38.5 Å². The van der Waals surface area contributed by atoms with Crippen LogP contribution in [0.25, 0.3) is 0 Å². The number of hydrogen-bond acceptors (Lipinski definition) is 2. The fraction of sp³-hybridized carbons (Fsp3) is 0.286. The van der Waals surface area contributed by atoms with Crippen molar-refractivity contribution < 1.29 is 9.90 Å². The van der Waals surface area contributed by atoms with Crippen LogP contribution >= 0.6 is 0 Å². The Morgan fingerprint density at radius 2 is 1.32 bits per heavy atom. The van der Waals surface area contributed by atoms with Crippen molar-refractivity contribution in [3.05, 3.63) is 102 Å². The Labute approximate surface area is 184 Å². The van der Waals surface area contributed by atoms with Crippen LogP contribution in [0.2, 0.25) is 0 Å². The molecule has 1 fully saturated rings. The monoisotopic (exact) mass is 411 g/mol. The van der Waals surface area contributed by atoms with Crippen molar-refractivity contribution in [3.63, 3.8) is 0 Å². The maximum absolute atomic E-state index is 11.3. The minimum absolute atomic E-state index is 0.243. The van der Waals surface area contributed by atoms with Crippen molar-refractivity contribution in [1.29, 1.82) is 0 Å². The number of nitrogens with zero attached hydrogens (tertiary/aromatic N) is 1. The Hall–Kier alpha value is -3.20. The summed E-state index contributed by atoms with van der Waals surface area (Å²) in [4.78, 5) is 16.3. The van der Waals surface area contributed by atoms with Crippen molar-refractivity contribution in [2.75, 3.05) is 0 Å². The molecule has 1 saturated carbocycles. The molecule has 3 aromatic rings. The zero-order valence-corrected chi connectivity index (χ0v) is 17.9. The van der Waals surface area contributed by atoms with E-state index in [9.17, 15) is 9.90 Å². The Kier molecular flexibility index (Phi) is 6.61. The molecule has 1 aliphatic carbocycles. The Bertz CT molecular complexity index is 976. The molecule has 1 atom stereocenters. The highest BCUT2D eigenvalue weighted by molar-refractivity contribution is 6.13. The summed E-state index contributed by atoms with van der Waals surface area (Å²) < 4.78 is 0. The summed E-state index contributed by atoms with van der Waals surface area (Å²) in [5.41, 5.74) is 5.45. The summed E-state index contributed by atoms with van der Waals surface area (Å²) >= 11 is 0. The molecule has 0 saturated heterocycles. The van der Waals surface area contributed by atoms with E-state index in [1.165, 1.54) is 5.56 Å². The minimum atomic E-state index is -0.668. The van der Waals surface area contributed by atoms with Gasteiger partial charge in [-0.3, -0.25) is 4.79 Å². The molecular weight excluding hydrogens is 382 g/mol. The van der Waals surface area contributed by atoms with Crippen LogP contribution in [0.5, 0.6) is 0 Å². The molecule has 0 aromatic heterocycles. The summed E-state index contributed by atoms with van der Waals surface area (Å²) in [6.45, 7) is 1.84. The molecule has 3 heteroatoms. The first-order valence-electron chi connectivity index (χ1n) is 11.1. The zero-order chi connectivity index (χ0) is 21.6. The van der Waals surface area contributed by atoms with Crippen LogP contribution in [0.4, 0.5) is 5.69 Å². The van der Waals surface area contributed by atoms with E-state index in [-0.39, 0.29) is 5.92 Å². The SMILES string of the molecule is CC(C(=O)O)C1CCC(c2ccc(N=C(c3ccccc3)c3ccccc3)cc2)CC1. The van der Waals surface area contributed by atoms with Gasteiger partial charge in [-0.1, -0.05) is 79.7 Å². The van der Waals surface area contributed by atoms with Gasteiger partial charge in [0.2, 0.25) is 0 Å². The lowest BCUT2D eigenvalue weighted by Gasteiger charge is -2.30.